The number of hydrogen-bond donors (Lipinski definition) is 1. The van der Waals surface area contributed by atoms with Gasteiger partial charge >= 0.3 is 0 Å². The summed E-state index contributed by atoms with van der Waals surface area (Å²) in [6.07, 6.45) is 3.05. The maximum atomic E-state index is 12.5. The van der Waals surface area contributed by atoms with E-state index in [1.807, 2.05) is 26.0 Å². The van der Waals surface area contributed by atoms with Crippen molar-refractivity contribution in [3.05, 3.63) is 48.1 Å². The van der Waals surface area contributed by atoms with Crippen molar-refractivity contribution in [3.8, 4) is 5.75 Å². The van der Waals surface area contributed by atoms with Crippen molar-refractivity contribution < 1.29 is 14.3 Å². The smallest absolute Gasteiger partial charge is 0.265 e. The lowest BCUT2D eigenvalue weighted by Gasteiger charge is -2.27. The van der Waals surface area contributed by atoms with Gasteiger partial charge in [-0.15, -0.1) is 6.58 Å². The first kappa shape index (κ1) is 16.9. The van der Waals surface area contributed by atoms with Gasteiger partial charge in [0.05, 0.1) is 6.10 Å². The van der Waals surface area contributed by atoms with Crippen LogP contribution in [-0.4, -0.2) is 34.5 Å². The average Bonchev–Trinajstić information content (AvgIpc) is 2.49. The van der Waals surface area contributed by atoms with E-state index < -0.39 is 11.8 Å². The molecule has 1 heterocycles. The number of thiocarbonyl (C=S) groups is 1. The van der Waals surface area contributed by atoms with Crippen molar-refractivity contribution in [2.75, 3.05) is 6.54 Å². The number of carbonyl (C=O) groups excluding carboxylic acids is 2. The fourth-order valence-electron chi connectivity index (χ4n) is 2.11. The summed E-state index contributed by atoms with van der Waals surface area (Å²) in [6.45, 7) is 7.65. The minimum atomic E-state index is -0.514. The first-order valence-corrected chi connectivity index (χ1v) is 7.60. The first-order chi connectivity index (χ1) is 10.9. The summed E-state index contributed by atoms with van der Waals surface area (Å²) < 4.78 is 5.71. The second-order valence-electron chi connectivity index (χ2n) is 5.23. The second-order valence-corrected chi connectivity index (χ2v) is 5.61. The molecule has 1 aromatic rings. The maximum Gasteiger partial charge on any atom is 0.265 e. The molecule has 6 heteroatoms. The largest absolute Gasteiger partial charge is 0.490 e. The Kier molecular flexibility index (Phi) is 5.28. The zero-order chi connectivity index (χ0) is 17.0. The normalized spacial score (nSPS) is 16.7. The molecule has 0 aromatic heterocycles. The Hall–Kier alpha value is -2.47. The lowest BCUT2D eigenvalue weighted by molar-refractivity contribution is -0.128. The molecule has 120 valence electrons. The standard InChI is InChI=1S/C17H18N2O3S/c1-4-9-19-16(21)13(15(20)18-17(19)23)10-12-7-5-6-8-14(12)22-11(2)3/h4-8,10-11H,1,9H2,2-3H3,(H,18,20,23). The highest BCUT2D eigenvalue weighted by Crippen LogP contribution is 2.23. The van der Waals surface area contributed by atoms with Gasteiger partial charge in [0.25, 0.3) is 11.8 Å². The van der Waals surface area contributed by atoms with Crippen LogP contribution in [0.1, 0.15) is 19.4 Å². The van der Waals surface area contributed by atoms with E-state index in [2.05, 4.69) is 11.9 Å². The Bertz CT molecular complexity index is 695. The van der Waals surface area contributed by atoms with Gasteiger partial charge < -0.3 is 4.74 Å². The van der Waals surface area contributed by atoms with Gasteiger partial charge in [0, 0.05) is 12.1 Å². The van der Waals surface area contributed by atoms with Crippen LogP contribution < -0.4 is 10.1 Å². The number of amides is 2. The average molecular weight is 330 g/mol. The van der Waals surface area contributed by atoms with E-state index in [0.29, 0.717) is 11.3 Å². The van der Waals surface area contributed by atoms with E-state index in [1.165, 1.54) is 11.0 Å². The molecule has 23 heavy (non-hydrogen) atoms. The predicted molar refractivity (Wildman–Crippen MR) is 92.8 cm³/mol. The molecule has 0 unspecified atom stereocenters. The van der Waals surface area contributed by atoms with Gasteiger partial charge in [0.15, 0.2) is 5.11 Å². The van der Waals surface area contributed by atoms with Crippen molar-refractivity contribution in [1.82, 2.24) is 10.2 Å². The SMILES string of the molecule is C=CCN1C(=O)C(=Cc2ccccc2OC(C)C)C(=O)NC1=S. The third kappa shape index (κ3) is 3.84. The molecule has 1 saturated heterocycles. The van der Waals surface area contributed by atoms with Crippen molar-refractivity contribution in [2.24, 2.45) is 0 Å². The molecule has 0 spiro atoms. The summed E-state index contributed by atoms with van der Waals surface area (Å²) in [5, 5.41) is 2.60. The molecule has 2 amide bonds. The van der Waals surface area contributed by atoms with E-state index in [4.69, 9.17) is 17.0 Å². The van der Waals surface area contributed by atoms with Crippen LogP contribution in [0.3, 0.4) is 0 Å². The summed E-state index contributed by atoms with van der Waals surface area (Å²) >= 11 is 5.02. The van der Waals surface area contributed by atoms with Gasteiger partial charge in [-0.05, 0) is 38.2 Å². The van der Waals surface area contributed by atoms with Crippen LogP contribution in [0.5, 0.6) is 5.75 Å². The monoisotopic (exact) mass is 330 g/mol. The number of hydrogen-bond acceptors (Lipinski definition) is 4. The van der Waals surface area contributed by atoms with E-state index in [9.17, 15) is 9.59 Å². The van der Waals surface area contributed by atoms with Gasteiger partial charge in [-0.1, -0.05) is 24.3 Å². The van der Waals surface area contributed by atoms with Crippen LogP contribution in [0.25, 0.3) is 6.08 Å². The van der Waals surface area contributed by atoms with Gasteiger partial charge in [-0.25, -0.2) is 0 Å². The van der Waals surface area contributed by atoms with Crippen LogP contribution in [0.2, 0.25) is 0 Å². The summed E-state index contributed by atoms with van der Waals surface area (Å²) in [4.78, 5) is 25.9. The van der Waals surface area contributed by atoms with Gasteiger partial charge in [-0.3, -0.25) is 19.8 Å². The second kappa shape index (κ2) is 7.19. The Balaban J connectivity index is 2.41. The lowest BCUT2D eigenvalue weighted by atomic mass is 10.1. The van der Waals surface area contributed by atoms with Gasteiger partial charge in [-0.2, -0.15) is 0 Å². The number of para-hydroxylation sites is 1. The van der Waals surface area contributed by atoms with Crippen LogP contribution in [-0.2, 0) is 9.59 Å². The molecule has 0 radical (unpaired) electrons. The topological polar surface area (TPSA) is 58.6 Å². The Morgan fingerprint density at radius 2 is 2.04 bits per heavy atom. The van der Waals surface area contributed by atoms with Crippen LogP contribution in [0.4, 0.5) is 0 Å². The highest BCUT2D eigenvalue weighted by atomic mass is 32.1. The molecular formula is C17H18N2O3S. The number of nitrogens with one attached hydrogen (secondary N) is 1. The van der Waals surface area contributed by atoms with Crippen molar-refractivity contribution >= 4 is 35.2 Å². The fraction of sp³-hybridized carbons (Fsp3) is 0.235. The van der Waals surface area contributed by atoms with Crippen molar-refractivity contribution in [1.29, 1.82) is 0 Å². The molecule has 0 aliphatic carbocycles. The number of ether oxygens (including phenoxy) is 1. The Morgan fingerprint density at radius 3 is 2.70 bits per heavy atom. The predicted octanol–water partition coefficient (Wildman–Crippen LogP) is 2.29. The molecule has 0 bridgehead atoms. The molecule has 1 aliphatic rings. The summed E-state index contributed by atoms with van der Waals surface area (Å²) in [5.41, 5.74) is 0.673. The third-order valence-corrected chi connectivity index (χ3v) is 3.40. The molecule has 0 atom stereocenters. The minimum absolute atomic E-state index is 0.0141. The highest BCUT2D eigenvalue weighted by molar-refractivity contribution is 7.80. The molecule has 5 nitrogen and oxygen atoms in total. The number of carbonyl (C=O) groups is 2. The summed E-state index contributed by atoms with van der Waals surface area (Å²) in [6, 6.07) is 7.23. The van der Waals surface area contributed by atoms with E-state index in [0.717, 1.165) is 0 Å². The summed E-state index contributed by atoms with van der Waals surface area (Å²) in [5.74, 6) is -0.350. The molecular weight excluding hydrogens is 312 g/mol. The Morgan fingerprint density at radius 1 is 1.35 bits per heavy atom. The molecule has 1 fully saturated rings. The zero-order valence-corrected chi connectivity index (χ0v) is 13.9. The lowest BCUT2D eigenvalue weighted by Crippen LogP contribution is -2.53. The third-order valence-electron chi connectivity index (χ3n) is 3.08. The number of rotatable bonds is 5. The first-order valence-electron chi connectivity index (χ1n) is 7.19. The number of nitrogens with zero attached hydrogens (tertiary/aromatic N) is 1. The fourth-order valence-corrected chi connectivity index (χ4v) is 2.36. The maximum absolute atomic E-state index is 12.5. The Labute approximate surface area is 140 Å². The summed E-state index contributed by atoms with van der Waals surface area (Å²) in [7, 11) is 0. The van der Waals surface area contributed by atoms with Crippen LogP contribution in [0, 0.1) is 0 Å². The molecule has 0 saturated carbocycles. The minimum Gasteiger partial charge on any atom is -0.490 e. The molecule has 1 N–H and O–H groups in total. The van der Waals surface area contributed by atoms with E-state index >= 15 is 0 Å². The van der Waals surface area contributed by atoms with Crippen LogP contribution in [0.15, 0.2) is 42.5 Å². The van der Waals surface area contributed by atoms with E-state index in [-0.39, 0.29) is 23.3 Å². The molecule has 2 rings (SSSR count). The van der Waals surface area contributed by atoms with E-state index in [1.54, 1.807) is 18.2 Å². The number of benzene rings is 1. The van der Waals surface area contributed by atoms with Crippen molar-refractivity contribution in [3.63, 3.8) is 0 Å². The molecule has 1 aliphatic heterocycles. The van der Waals surface area contributed by atoms with Gasteiger partial charge in [0.1, 0.15) is 11.3 Å². The van der Waals surface area contributed by atoms with Crippen molar-refractivity contribution in [2.45, 2.75) is 20.0 Å². The van der Waals surface area contributed by atoms with Crippen LogP contribution >= 0.6 is 12.2 Å². The zero-order valence-electron chi connectivity index (χ0n) is 13.0. The highest BCUT2D eigenvalue weighted by Gasteiger charge is 2.32. The molecule has 1 aromatic carbocycles. The van der Waals surface area contributed by atoms with Gasteiger partial charge in [0.2, 0.25) is 0 Å². The quantitative estimate of drug-likeness (QED) is 0.389.